The second-order valence-corrected chi connectivity index (χ2v) is 12.5. The number of para-hydroxylation sites is 2. The van der Waals surface area contributed by atoms with E-state index >= 15 is 0 Å². The van der Waals surface area contributed by atoms with Crippen LogP contribution in [0.25, 0.3) is 0 Å². The van der Waals surface area contributed by atoms with E-state index in [1.54, 1.807) is 0 Å². The van der Waals surface area contributed by atoms with Gasteiger partial charge in [-0.1, -0.05) is 12.1 Å². The van der Waals surface area contributed by atoms with Crippen LogP contribution in [0.5, 0.6) is 11.5 Å². The fourth-order valence-electron chi connectivity index (χ4n) is 3.32. The number of ether oxygens (including phenoxy) is 10. The van der Waals surface area contributed by atoms with Crippen LogP contribution < -0.4 is 9.47 Å². The minimum absolute atomic E-state index is 0. The van der Waals surface area contributed by atoms with Crippen LogP contribution in [0.3, 0.4) is 0 Å². The van der Waals surface area contributed by atoms with Gasteiger partial charge in [0.15, 0.2) is 11.5 Å². The monoisotopic (exact) mass is 746 g/mol. The van der Waals surface area contributed by atoms with Crippen LogP contribution in [-0.2, 0) is 58.1 Å². The SMILES string of the molecule is O=S(=O)(O)CCCOCCOCCOCCOCCOc1ccccc1OCCOCCOCCOCCOCCCS(=O)(=O)O.[KH]. The van der Waals surface area contributed by atoms with Gasteiger partial charge in [-0.2, -0.15) is 16.8 Å². The van der Waals surface area contributed by atoms with Crippen LogP contribution in [0.15, 0.2) is 24.3 Å². The van der Waals surface area contributed by atoms with Crippen LogP contribution in [0.2, 0.25) is 0 Å². The zero-order valence-electron chi connectivity index (χ0n) is 26.3. The molecule has 0 aliphatic heterocycles. The Kier molecular flexibility index (Phi) is 31.9. The Morgan fingerprint density at radius 1 is 0.404 bits per heavy atom. The van der Waals surface area contributed by atoms with Crippen molar-refractivity contribution in [2.75, 3.05) is 130 Å². The van der Waals surface area contributed by atoms with Crippen molar-refractivity contribution in [3.05, 3.63) is 24.3 Å². The van der Waals surface area contributed by atoms with Crippen molar-refractivity contribution in [2.24, 2.45) is 0 Å². The quantitative estimate of drug-likeness (QED) is 0.0560. The second-order valence-electron chi connectivity index (χ2n) is 9.32. The summed E-state index contributed by atoms with van der Waals surface area (Å²) in [6.07, 6.45) is 0.464. The maximum atomic E-state index is 10.6. The molecular formula is C28H51KO16S2. The Labute approximate surface area is 321 Å². The standard InChI is InChI=1S/C28H50O16S2.K.H/c29-45(30,31)25-3-7-35-9-11-37-13-15-39-17-19-41-21-23-43-27-5-1-2-6-28(27)44-24-22-42-20-18-40-16-14-38-12-10-36-8-4-26-46(32,33)34;;/h1-2,5-6H,3-4,7-26H2,(H,29,30,31)(H,32,33,34);;. The molecule has 0 saturated heterocycles. The van der Waals surface area contributed by atoms with Gasteiger partial charge in [0, 0.05) is 13.2 Å². The Bertz CT molecular complexity index is 979. The van der Waals surface area contributed by atoms with E-state index in [0.717, 1.165) is 0 Å². The van der Waals surface area contributed by atoms with Crippen LogP contribution in [0.1, 0.15) is 12.8 Å². The predicted octanol–water partition coefficient (Wildman–Crippen LogP) is 0.484. The molecule has 0 radical (unpaired) electrons. The fraction of sp³-hybridized carbons (Fsp3) is 0.786. The second kappa shape index (κ2) is 31.9. The van der Waals surface area contributed by atoms with Gasteiger partial charge in [0.1, 0.15) is 13.2 Å². The summed E-state index contributed by atoms with van der Waals surface area (Å²) in [6, 6.07) is 7.34. The molecular weight excluding hydrogens is 696 g/mol. The van der Waals surface area contributed by atoms with Gasteiger partial charge < -0.3 is 47.4 Å². The topological polar surface area (TPSA) is 201 Å². The first-order valence-corrected chi connectivity index (χ1v) is 18.3. The summed E-state index contributed by atoms with van der Waals surface area (Å²) in [5, 5.41) is 0. The van der Waals surface area contributed by atoms with Crippen molar-refractivity contribution in [2.45, 2.75) is 12.8 Å². The molecule has 0 bridgehead atoms. The third-order valence-electron chi connectivity index (χ3n) is 5.43. The van der Waals surface area contributed by atoms with E-state index < -0.39 is 20.2 Å². The maximum absolute atomic E-state index is 10.6. The minimum atomic E-state index is -3.94. The van der Waals surface area contributed by atoms with E-state index in [9.17, 15) is 16.8 Å². The number of rotatable bonds is 34. The van der Waals surface area contributed by atoms with Gasteiger partial charge in [-0.25, -0.2) is 0 Å². The van der Waals surface area contributed by atoms with Gasteiger partial charge in [0.05, 0.1) is 104 Å². The summed E-state index contributed by atoms with van der Waals surface area (Å²) >= 11 is 0. The molecule has 0 aliphatic rings. The molecule has 0 fully saturated rings. The van der Waals surface area contributed by atoms with Crippen LogP contribution in [0, 0.1) is 0 Å². The van der Waals surface area contributed by atoms with Gasteiger partial charge in [-0.05, 0) is 25.0 Å². The summed E-state index contributed by atoms with van der Waals surface area (Å²) in [7, 11) is -7.88. The Balaban J connectivity index is 0.0000212. The van der Waals surface area contributed by atoms with Crippen molar-refractivity contribution < 1.29 is 73.3 Å². The molecule has 16 nitrogen and oxygen atoms in total. The van der Waals surface area contributed by atoms with E-state index in [-0.39, 0.29) is 88.9 Å². The van der Waals surface area contributed by atoms with E-state index in [1.807, 2.05) is 24.3 Å². The molecule has 1 aromatic rings. The first kappa shape index (κ1) is 47.0. The zero-order chi connectivity index (χ0) is 33.6. The molecule has 0 unspecified atom stereocenters. The molecule has 47 heavy (non-hydrogen) atoms. The van der Waals surface area contributed by atoms with Crippen molar-refractivity contribution >= 4 is 71.6 Å². The molecule has 0 atom stereocenters. The molecule has 0 aromatic heterocycles. The van der Waals surface area contributed by atoms with Gasteiger partial charge >= 0.3 is 51.4 Å². The van der Waals surface area contributed by atoms with Gasteiger partial charge in [0.2, 0.25) is 0 Å². The summed E-state index contributed by atoms with van der Waals surface area (Å²) in [4.78, 5) is 0. The summed E-state index contributed by atoms with van der Waals surface area (Å²) in [6.45, 7) is 6.56. The summed E-state index contributed by atoms with van der Waals surface area (Å²) < 4.78 is 114. The molecule has 0 amide bonds. The molecule has 272 valence electrons. The number of benzene rings is 1. The average Bonchev–Trinajstić information content (AvgIpc) is 3.00. The fourth-order valence-corrected chi connectivity index (χ4v) is 4.29. The Morgan fingerprint density at radius 2 is 0.638 bits per heavy atom. The van der Waals surface area contributed by atoms with Crippen molar-refractivity contribution in [1.82, 2.24) is 0 Å². The van der Waals surface area contributed by atoms with Crippen LogP contribution >= 0.6 is 0 Å². The first-order chi connectivity index (χ1) is 22.2. The van der Waals surface area contributed by atoms with Crippen molar-refractivity contribution in [3.8, 4) is 11.5 Å². The Morgan fingerprint density at radius 3 is 0.894 bits per heavy atom. The van der Waals surface area contributed by atoms with Gasteiger partial charge in [0.25, 0.3) is 20.2 Å². The summed E-state index contributed by atoms with van der Waals surface area (Å²) in [5.41, 5.74) is 0. The van der Waals surface area contributed by atoms with Crippen molar-refractivity contribution in [1.29, 1.82) is 0 Å². The molecule has 0 heterocycles. The van der Waals surface area contributed by atoms with Gasteiger partial charge in [-0.3, -0.25) is 9.11 Å². The third kappa shape index (κ3) is 34.2. The predicted molar refractivity (Wildman–Crippen MR) is 173 cm³/mol. The number of hydrogen-bond acceptors (Lipinski definition) is 14. The number of hydrogen-bond donors (Lipinski definition) is 2. The Hall–Kier alpha value is -0.0436. The molecule has 0 aliphatic carbocycles. The van der Waals surface area contributed by atoms with E-state index in [4.69, 9.17) is 56.5 Å². The van der Waals surface area contributed by atoms with Crippen molar-refractivity contribution in [3.63, 3.8) is 0 Å². The van der Waals surface area contributed by atoms with Crippen LogP contribution in [-0.4, -0.2) is 208 Å². The van der Waals surface area contributed by atoms with E-state index in [2.05, 4.69) is 0 Å². The van der Waals surface area contributed by atoms with E-state index in [1.165, 1.54) is 0 Å². The molecule has 1 aromatic carbocycles. The molecule has 19 heteroatoms. The van der Waals surface area contributed by atoms with Crippen LogP contribution in [0.4, 0.5) is 0 Å². The zero-order valence-corrected chi connectivity index (χ0v) is 27.9. The molecule has 0 spiro atoms. The molecule has 1 rings (SSSR count). The third-order valence-corrected chi connectivity index (χ3v) is 7.04. The molecule has 2 N–H and O–H groups in total. The van der Waals surface area contributed by atoms with E-state index in [0.29, 0.717) is 117 Å². The normalized spacial score (nSPS) is 11.8. The van der Waals surface area contributed by atoms with Gasteiger partial charge in [-0.15, -0.1) is 0 Å². The molecule has 0 saturated carbocycles. The average molecular weight is 747 g/mol. The summed E-state index contributed by atoms with van der Waals surface area (Å²) in [5.74, 6) is 0.576. The first-order valence-electron chi connectivity index (χ1n) is 15.0.